The molecule has 0 aromatic heterocycles. The van der Waals surface area contributed by atoms with Crippen LogP contribution in [0.5, 0.6) is 0 Å². The molecule has 1 saturated carbocycles. The fraction of sp³-hybridized carbons (Fsp3) is 0.217. The number of aliphatic hydroxyl groups is 1. The Morgan fingerprint density at radius 2 is 1.38 bits per heavy atom. The van der Waals surface area contributed by atoms with Gasteiger partial charge in [0, 0.05) is 17.8 Å². The van der Waals surface area contributed by atoms with Gasteiger partial charge in [0.2, 0.25) is 5.91 Å². The highest BCUT2D eigenvalue weighted by molar-refractivity contribution is 5.79. The number of amides is 1. The molecule has 2 atom stereocenters. The van der Waals surface area contributed by atoms with Gasteiger partial charge in [-0.15, -0.1) is 0 Å². The van der Waals surface area contributed by atoms with Crippen LogP contribution in [-0.2, 0) is 4.79 Å². The van der Waals surface area contributed by atoms with Gasteiger partial charge in [0.1, 0.15) is 0 Å². The Labute approximate surface area is 156 Å². The molecule has 2 N–H and O–H groups in total. The summed E-state index contributed by atoms with van der Waals surface area (Å²) in [5.41, 5.74) is 1.83. The average molecular weight is 346 g/mol. The molecule has 0 saturated heterocycles. The molecule has 1 aliphatic carbocycles. The third-order valence-corrected chi connectivity index (χ3v) is 4.55. The van der Waals surface area contributed by atoms with E-state index >= 15 is 0 Å². The number of carbonyl (C=O) groups excluding carboxylic acids is 1. The zero-order valence-corrected chi connectivity index (χ0v) is 15.1. The summed E-state index contributed by atoms with van der Waals surface area (Å²) in [5.74, 6) is 1.61. The highest BCUT2D eigenvalue weighted by Gasteiger charge is 2.41. The lowest BCUT2D eigenvalue weighted by molar-refractivity contribution is -0.124. The van der Waals surface area contributed by atoms with E-state index in [0.29, 0.717) is 0 Å². The fourth-order valence-corrected chi connectivity index (χ4v) is 3.07. The molecule has 3 rings (SSSR count). The van der Waals surface area contributed by atoms with Crippen molar-refractivity contribution in [2.24, 2.45) is 5.92 Å². The molecule has 2 aromatic carbocycles. The van der Waals surface area contributed by atoms with Crippen molar-refractivity contribution in [3.8, 4) is 0 Å². The Morgan fingerprint density at radius 1 is 0.846 bits per heavy atom. The average Bonchev–Trinajstić information content (AvgIpc) is 3.16. The first-order chi connectivity index (χ1) is 12.6. The third kappa shape index (κ3) is 4.16. The lowest BCUT2D eigenvalue weighted by Gasteiger charge is -2.32. The third-order valence-electron chi connectivity index (χ3n) is 4.55. The second kappa shape index (κ2) is 8.50. The molecule has 1 aliphatic rings. The molecule has 26 heavy (non-hydrogen) atoms. The standard InChI is InChI=1S/C23H24NO2/c1-16(2)23(26)24-21(17-10-5-3-6-11-17)19-14-9-15-20(19)22(25)18-12-7-4-8-13-18/h3-16,21-22,25H,1-2H3,(H,24,26)/t21-,22-/m0/s1. The molecule has 0 unspecified atom stereocenters. The van der Waals surface area contributed by atoms with E-state index in [1.807, 2.05) is 93.8 Å². The van der Waals surface area contributed by atoms with Crippen LogP contribution >= 0.6 is 0 Å². The SMILES string of the molecule is CC(C)C(=O)N[C@H]([C]1[CH][CH][CH][C]1[C@@H](O)c1ccccc1)c1ccccc1. The summed E-state index contributed by atoms with van der Waals surface area (Å²) in [4.78, 5) is 12.4. The van der Waals surface area contributed by atoms with Crippen LogP contribution in [-0.4, -0.2) is 11.0 Å². The Kier molecular flexibility index (Phi) is 6.10. The Hall–Kier alpha value is -2.13. The largest absolute Gasteiger partial charge is 0.388 e. The number of nitrogens with one attached hydrogen (secondary N) is 1. The van der Waals surface area contributed by atoms with Crippen molar-refractivity contribution >= 4 is 5.91 Å². The summed E-state index contributed by atoms with van der Waals surface area (Å²) in [6.45, 7) is 3.75. The predicted octanol–water partition coefficient (Wildman–Crippen LogP) is 4.01. The van der Waals surface area contributed by atoms with Crippen molar-refractivity contribution in [1.82, 2.24) is 5.32 Å². The molecule has 3 heteroatoms. The number of hydrogen-bond donors (Lipinski definition) is 2. The van der Waals surface area contributed by atoms with Crippen LogP contribution in [0.2, 0.25) is 0 Å². The maximum atomic E-state index is 12.4. The first-order valence-electron chi connectivity index (χ1n) is 8.91. The van der Waals surface area contributed by atoms with E-state index in [-0.39, 0.29) is 17.9 Å². The first kappa shape index (κ1) is 18.7. The molecule has 1 fully saturated rings. The van der Waals surface area contributed by atoms with Gasteiger partial charge in [0.05, 0.1) is 12.1 Å². The van der Waals surface area contributed by atoms with Crippen molar-refractivity contribution in [3.05, 3.63) is 103 Å². The molecular formula is C23H24NO2. The van der Waals surface area contributed by atoms with Crippen LogP contribution in [0.25, 0.3) is 0 Å². The molecule has 1 amide bonds. The normalized spacial score (nSPS) is 18.0. The van der Waals surface area contributed by atoms with E-state index in [1.54, 1.807) is 0 Å². The van der Waals surface area contributed by atoms with Gasteiger partial charge in [-0.25, -0.2) is 0 Å². The van der Waals surface area contributed by atoms with Gasteiger partial charge in [0.25, 0.3) is 0 Å². The van der Waals surface area contributed by atoms with E-state index < -0.39 is 6.10 Å². The van der Waals surface area contributed by atoms with Crippen molar-refractivity contribution in [2.75, 3.05) is 0 Å². The first-order valence-corrected chi connectivity index (χ1v) is 8.91. The van der Waals surface area contributed by atoms with Gasteiger partial charge >= 0.3 is 0 Å². The summed E-state index contributed by atoms with van der Waals surface area (Å²) in [6, 6.07) is 19.1. The van der Waals surface area contributed by atoms with Crippen molar-refractivity contribution in [1.29, 1.82) is 0 Å². The molecule has 0 spiro atoms. The number of hydrogen-bond acceptors (Lipinski definition) is 2. The van der Waals surface area contributed by atoms with Gasteiger partial charge in [-0.1, -0.05) is 74.5 Å². The molecule has 0 heterocycles. The number of carbonyl (C=O) groups is 1. The molecular weight excluding hydrogens is 322 g/mol. The second-order valence-electron chi connectivity index (χ2n) is 6.76. The maximum Gasteiger partial charge on any atom is 0.223 e. The van der Waals surface area contributed by atoms with Crippen LogP contribution in [0.1, 0.15) is 37.1 Å². The second-order valence-corrected chi connectivity index (χ2v) is 6.76. The quantitative estimate of drug-likeness (QED) is 0.830. The zero-order chi connectivity index (χ0) is 18.5. The minimum Gasteiger partial charge on any atom is -0.388 e. The topological polar surface area (TPSA) is 49.3 Å². The molecule has 2 aromatic rings. The summed E-state index contributed by atoms with van der Waals surface area (Å²) in [6.07, 6.45) is 5.08. The van der Waals surface area contributed by atoms with Gasteiger partial charge in [0.15, 0.2) is 0 Å². The van der Waals surface area contributed by atoms with Crippen LogP contribution in [0.15, 0.2) is 60.7 Å². The summed E-state index contributed by atoms with van der Waals surface area (Å²) < 4.78 is 0. The molecule has 133 valence electrons. The number of benzene rings is 2. The van der Waals surface area contributed by atoms with E-state index in [1.165, 1.54) is 0 Å². The minimum absolute atomic E-state index is 0.0137. The van der Waals surface area contributed by atoms with E-state index in [2.05, 4.69) is 5.32 Å². The van der Waals surface area contributed by atoms with E-state index in [0.717, 1.165) is 23.0 Å². The minimum atomic E-state index is -0.733. The van der Waals surface area contributed by atoms with Crippen LogP contribution < -0.4 is 5.32 Å². The molecule has 5 radical (unpaired) electrons. The summed E-state index contributed by atoms with van der Waals surface area (Å²) in [7, 11) is 0. The maximum absolute atomic E-state index is 12.4. The lowest BCUT2D eigenvalue weighted by atomic mass is 9.80. The van der Waals surface area contributed by atoms with E-state index in [4.69, 9.17) is 0 Å². The zero-order valence-electron chi connectivity index (χ0n) is 15.1. The van der Waals surface area contributed by atoms with Crippen molar-refractivity contribution in [3.63, 3.8) is 0 Å². The highest BCUT2D eigenvalue weighted by atomic mass is 16.3. The number of aliphatic hydroxyl groups excluding tert-OH is 1. The molecule has 3 nitrogen and oxygen atoms in total. The van der Waals surface area contributed by atoms with Gasteiger partial charge in [-0.05, 0) is 30.4 Å². The Morgan fingerprint density at radius 3 is 1.96 bits per heavy atom. The Bertz CT molecular complexity index is 699. The lowest BCUT2D eigenvalue weighted by Crippen LogP contribution is -2.37. The highest BCUT2D eigenvalue weighted by Crippen LogP contribution is 2.47. The Balaban J connectivity index is 1.88. The van der Waals surface area contributed by atoms with Gasteiger partial charge in [-0.3, -0.25) is 4.79 Å². The van der Waals surface area contributed by atoms with Crippen LogP contribution in [0.4, 0.5) is 0 Å². The monoisotopic (exact) mass is 346 g/mol. The van der Waals surface area contributed by atoms with E-state index in [9.17, 15) is 9.90 Å². The predicted molar refractivity (Wildman–Crippen MR) is 103 cm³/mol. The van der Waals surface area contributed by atoms with Gasteiger partial charge in [-0.2, -0.15) is 0 Å². The summed E-state index contributed by atoms with van der Waals surface area (Å²) >= 11 is 0. The molecule has 0 aliphatic heterocycles. The number of rotatable bonds is 6. The van der Waals surface area contributed by atoms with Crippen molar-refractivity contribution < 1.29 is 9.90 Å². The fourth-order valence-electron chi connectivity index (χ4n) is 3.07. The molecule has 0 bridgehead atoms. The van der Waals surface area contributed by atoms with Gasteiger partial charge < -0.3 is 10.4 Å². The van der Waals surface area contributed by atoms with Crippen LogP contribution in [0, 0.1) is 37.0 Å². The van der Waals surface area contributed by atoms with Crippen molar-refractivity contribution in [2.45, 2.75) is 26.0 Å². The van der Waals surface area contributed by atoms with Crippen LogP contribution in [0.3, 0.4) is 0 Å². The smallest absolute Gasteiger partial charge is 0.223 e. The summed E-state index contributed by atoms with van der Waals surface area (Å²) in [5, 5.41) is 14.0.